The molecular weight excluding hydrogens is 341 g/mol. The van der Waals surface area contributed by atoms with Crippen molar-refractivity contribution in [1.29, 1.82) is 0 Å². The molecule has 1 aromatic rings. The molecule has 1 aromatic carbocycles. The molecule has 0 amide bonds. The minimum Gasteiger partial charge on any atom is -0.480 e. The van der Waals surface area contributed by atoms with E-state index in [2.05, 4.69) is 21.2 Å². The highest BCUT2D eigenvalue weighted by atomic mass is 79.9. The lowest BCUT2D eigenvalue weighted by Gasteiger charge is -2.36. The minimum atomic E-state index is -4.52. The summed E-state index contributed by atoms with van der Waals surface area (Å²) < 4.78 is 39.6. The van der Waals surface area contributed by atoms with Gasteiger partial charge in [-0.1, -0.05) is 15.9 Å². The van der Waals surface area contributed by atoms with E-state index in [4.69, 9.17) is 5.11 Å². The Kier molecular flexibility index (Phi) is 4.24. The molecule has 0 spiro atoms. The van der Waals surface area contributed by atoms with E-state index in [1.165, 1.54) is 17.0 Å². The lowest BCUT2D eigenvalue weighted by molar-refractivity contribution is -0.140. The highest BCUT2D eigenvalue weighted by Crippen LogP contribution is 2.39. The number of anilines is 1. The van der Waals surface area contributed by atoms with Crippen molar-refractivity contribution in [2.45, 2.75) is 12.2 Å². The summed E-state index contributed by atoms with van der Waals surface area (Å²) >= 11 is 3.13. The van der Waals surface area contributed by atoms with Gasteiger partial charge in [0.15, 0.2) is 0 Å². The Morgan fingerprint density at radius 1 is 1.45 bits per heavy atom. The van der Waals surface area contributed by atoms with Gasteiger partial charge < -0.3 is 15.3 Å². The number of hydrogen-bond acceptors (Lipinski definition) is 3. The number of aliphatic carboxylic acids is 1. The van der Waals surface area contributed by atoms with Gasteiger partial charge in [-0.15, -0.1) is 0 Å². The fourth-order valence-corrected chi connectivity index (χ4v) is 2.54. The van der Waals surface area contributed by atoms with E-state index in [9.17, 15) is 18.0 Å². The van der Waals surface area contributed by atoms with Crippen LogP contribution in [0.25, 0.3) is 0 Å². The Bertz CT molecular complexity index is 522. The van der Waals surface area contributed by atoms with Crippen LogP contribution in [0.15, 0.2) is 22.7 Å². The normalized spacial score (nSPS) is 20.0. The first-order valence-corrected chi connectivity index (χ1v) is 6.67. The van der Waals surface area contributed by atoms with Gasteiger partial charge in [0.05, 0.1) is 11.3 Å². The third-order valence-electron chi connectivity index (χ3n) is 3.10. The zero-order valence-corrected chi connectivity index (χ0v) is 11.8. The van der Waals surface area contributed by atoms with Crippen molar-refractivity contribution in [1.82, 2.24) is 5.32 Å². The lowest BCUT2D eigenvalue weighted by atomic mass is 10.1. The number of hydrogen-bond donors (Lipinski definition) is 2. The number of carbonyl (C=O) groups is 1. The molecule has 1 unspecified atom stereocenters. The van der Waals surface area contributed by atoms with Gasteiger partial charge in [0.2, 0.25) is 0 Å². The average Bonchev–Trinajstić information content (AvgIpc) is 2.37. The van der Waals surface area contributed by atoms with E-state index in [1.54, 1.807) is 0 Å². The van der Waals surface area contributed by atoms with E-state index in [0.717, 1.165) is 6.07 Å². The summed E-state index contributed by atoms with van der Waals surface area (Å²) in [5.41, 5.74) is -0.936. The average molecular weight is 353 g/mol. The lowest BCUT2D eigenvalue weighted by Crippen LogP contribution is -2.55. The van der Waals surface area contributed by atoms with Crippen LogP contribution < -0.4 is 10.2 Å². The van der Waals surface area contributed by atoms with Crippen molar-refractivity contribution in [3.63, 3.8) is 0 Å². The van der Waals surface area contributed by atoms with Gasteiger partial charge >= 0.3 is 12.1 Å². The topological polar surface area (TPSA) is 52.6 Å². The fourth-order valence-electron chi connectivity index (χ4n) is 2.20. The first-order valence-electron chi connectivity index (χ1n) is 5.87. The molecule has 0 aliphatic carbocycles. The first kappa shape index (κ1) is 15.1. The van der Waals surface area contributed by atoms with Crippen LogP contribution in [0.4, 0.5) is 18.9 Å². The van der Waals surface area contributed by atoms with Gasteiger partial charge in [0.25, 0.3) is 0 Å². The molecule has 1 fully saturated rings. The van der Waals surface area contributed by atoms with E-state index >= 15 is 0 Å². The number of nitrogens with zero attached hydrogens (tertiary/aromatic N) is 1. The second-order valence-corrected chi connectivity index (χ2v) is 5.33. The summed E-state index contributed by atoms with van der Waals surface area (Å²) in [6.45, 7) is 0.753. The van der Waals surface area contributed by atoms with Gasteiger partial charge in [-0.05, 0) is 18.2 Å². The van der Waals surface area contributed by atoms with E-state index in [-0.39, 0.29) is 18.8 Å². The fraction of sp³-hybridized carbons (Fsp3) is 0.417. The van der Waals surface area contributed by atoms with Crippen LogP contribution in [0.5, 0.6) is 0 Å². The molecule has 0 bridgehead atoms. The molecule has 20 heavy (non-hydrogen) atoms. The van der Waals surface area contributed by atoms with E-state index in [0.29, 0.717) is 11.0 Å². The number of benzene rings is 1. The van der Waals surface area contributed by atoms with Gasteiger partial charge in [0, 0.05) is 24.1 Å². The Morgan fingerprint density at radius 3 is 2.75 bits per heavy atom. The number of piperazine rings is 1. The van der Waals surface area contributed by atoms with Crippen LogP contribution in [0.3, 0.4) is 0 Å². The number of alkyl halides is 3. The summed E-state index contributed by atoms with van der Waals surface area (Å²) in [5, 5.41) is 12.0. The van der Waals surface area contributed by atoms with Crippen molar-refractivity contribution in [2.75, 3.05) is 24.5 Å². The van der Waals surface area contributed by atoms with Crippen LogP contribution in [-0.2, 0) is 11.0 Å². The third kappa shape index (κ3) is 3.06. The maximum atomic E-state index is 13.1. The molecule has 8 heteroatoms. The van der Waals surface area contributed by atoms with Gasteiger partial charge in [-0.25, -0.2) is 4.79 Å². The van der Waals surface area contributed by atoms with E-state index < -0.39 is 23.8 Å². The monoisotopic (exact) mass is 352 g/mol. The summed E-state index contributed by atoms with van der Waals surface area (Å²) in [6.07, 6.45) is -4.52. The van der Waals surface area contributed by atoms with Gasteiger partial charge in [0.1, 0.15) is 6.04 Å². The van der Waals surface area contributed by atoms with Crippen LogP contribution in [0.1, 0.15) is 5.56 Å². The molecule has 0 aromatic heterocycles. The SMILES string of the molecule is O=C(O)C1CNCCN1c1cc(Br)ccc1C(F)(F)F. The summed E-state index contributed by atoms with van der Waals surface area (Å²) in [6, 6.07) is 2.55. The standard InChI is InChI=1S/C12H12BrF3N2O2/c13-7-1-2-8(12(14,15)16)9(5-7)18-4-3-17-6-10(18)11(19)20/h1-2,5,10,17H,3-4,6H2,(H,19,20). The van der Waals surface area contributed by atoms with Crippen molar-refractivity contribution >= 4 is 27.6 Å². The van der Waals surface area contributed by atoms with Crippen molar-refractivity contribution in [2.24, 2.45) is 0 Å². The molecule has 2 rings (SSSR count). The Hall–Kier alpha value is -1.28. The number of rotatable bonds is 2. The first-order chi connectivity index (χ1) is 9.30. The Balaban J connectivity index is 2.49. The van der Waals surface area contributed by atoms with Crippen LogP contribution in [0.2, 0.25) is 0 Å². The molecule has 2 N–H and O–H groups in total. The van der Waals surface area contributed by atoms with Gasteiger partial charge in [-0.3, -0.25) is 0 Å². The van der Waals surface area contributed by atoms with E-state index in [1.807, 2.05) is 0 Å². The number of carboxylic acid groups (broad SMARTS) is 1. The van der Waals surface area contributed by atoms with Crippen molar-refractivity contribution in [3.8, 4) is 0 Å². The second-order valence-electron chi connectivity index (χ2n) is 4.41. The molecule has 0 radical (unpaired) electrons. The third-order valence-corrected chi connectivity index (χ3v) is 3.60. The van der Waals surface area contributed by atoms with Crippen LogP contribution >= 0.6 is 15.9 Å². The quantitative estimate of drug-likeness (QED) is 0.857. The molecule has 110 valence electrons. The van der Waals surface area contributed by atoms with Crippen molar-refractivity contribution < 1.29 is 23.1 Å². The van der Waals surface area contributed by atoms with Gasteiger partial charge in [-0.2, -0.15) is 13.2 Å². The molecule has 4 nitrogen and oxygen atoms in total. The minimum absolute atomic E-state index is 0.110. The maximum absolute atomic E-state index is 13.1. The number of carboxylic acids is 1. The molecule has 1 aliphatic rings. The Morgan fingerprint density at radius 2 is 2.15 bits per heavy atom. The highest BCUT2D eigenvalue weighted by molar-refractivity contribution is 9.10. The van der Waals surface area contributed by atoms with Crippen LogP contribution in [0, 0.1) is 0 Å². The molecular formula is C12H12BrF3N2O2. The largest absolute Gasteiger partial charge is 0.480 e. The zero-order chi connectivity index (χ0) is 14.9. The second kappa shape index (κ2) is 5.61. The summed E-state index contributed by atoms with van der Waals surface area (Å²) in [7, 11) is 0. The molecule has 1 heterocycles. The maximum Gasteiger partial charge on any atom is 0.418 e. The molecule has 0 saturated carbocycles. The number of nitrogens with one attached hydrogen (secondary N) is 1. The highest BCUT2D eigenvalue weighted by Gasteiger charge is 2.38. The molecule has 1 saturated heterocycles. The number of halogens is 4. The van der Waals surface area contributed by atoms with Crippen LogP contribution in [-0.4, -0.2) is 36.8 Å². The summed E-state index contributed by atoms with van der Waals surface area (Å²) in [4.78, 5) is 12.5. The Labute approximate surface area is 121 Å². The zero-order valence-electron chi connectivity index (χ0n) is 10.2. The summed E-state index contributed by atoms with van der Waals surface area (Å²) in [5.74, 6) is -1.15. The smallest absolute Gasteiger partial charge is 0.418 e. The van der Waals surface area contributed by atoms with Crippen molar-refractivity contribution in [3.05, 3.63) is 28.2 Å². The predicted octanol–water partition coefficient (Wildman–Crippen LogP) is 2.33. The predicted molar refractivity (Wildman–Crippen MR) is 70.8 cm³/mol. The molecule has 1 aliphatic heterocycles. The molecule has 1 atom stereocenters.